The highest BCUT2D eigenvalue weighted by molar-refractivity contribution is 7.93. The van der Waals surface area contributed by atoms with Crippen molar-refractivity contribution in [1.29, 1.82) is 0 Å². The van der Waals surface area contributed by atoms with Crippen molar-refractivity contribution < 1.29 is 13.2 Å². The van der Waals surface area contributed by atoms with E-state index in [9.17, 15) is 13.2 Å². The average Bonchev–Trinajstić information content (AvgIpc) is 3.46. The monoisotopic (exact) mass is 536 g/mol. The van der Waals surface area contributed by atoms with Crippen LogP contribution >= 0.6 is 23.2 Å². The molecule has 2 N–H and O–H groups in total. The van der Waals surface area contributed by atoms with Gasteiger partial charge in [-0.15, -0.1) is 0 Å². The number of rotatable bonds is 11. The quantitative estimate of drug-likeness (QED) is 0.427. The first-order valence-corrected chi connectivity index (χ1v) is 14.0. The molecule has 1 aliphatic heterocycles. The molecule has 188 valence electrons. The van der Waals surface area contributed by atoms with Gasteiger partial charge in [-0.1, -0.05) is 53.5 Å². The lowest BCUT2D eigenvalue weighted by Crippen LogP contribution is -2.40. The number of sulfone groups is 1. The Morgan fingerprint density at radius 3 is 2.57 bits per heavy atom. The minimum atomic E-state index is -3.68. The molecule has 1 aliphatic carbocycles. The van der Waals surface area contributed by atoms with E-state index in [2.05, 4.69) is 39.9 Å². The number of carbonyl (C=O) groups is 1. The standard InChI is InChI=1S/C25H30Cl2N4O3S/c1-31(17-11-18-7-9-19(10-8-18)24-28-15-16-29-24)22(32)6-3-14-30-25(12-13-25)35(33,34)21-5-2-4-20(26)23(21)27/h2,4-5,7-10,30H,3,6,11-17H2,1H3,(H,28,29). The summed E-state index contributed by atoms with van der Waals surface area (Å²) in [6.45, 7) is 2.74. The summed E-state index contributed by atoms with van der Waals surface area (Å²) in [4.78, 5) is 17.7. The highest BCUT2D eigenvalue weighted by atomic mass is 35.5. The minimum absolute atomic E-state index is 0.0403. The summed E-state index contributed by atoms with van der Waals surface area (Å²) in [7, 11) is -1.88. The molecular weight excluding hydrogens is 507 g/mol. The van der Waals surface area contributed by atoms with Crippen LogP contribution in [-0.4, -0.2) is 63.2 Å². The van der Waals surface area contributed by atoms with Crippen molar-refractivity contribution in [3.05, 3.63) is 63.6 Å². The number of nitrogens with one attached hydrogen (secondary N) is 2. The van der Waals surface area contributed by atoms with Crippen LogP contribution in [0.4, 0.5) is 0 Å². The number of amidine groups is 1. The van der Waals surface area contributed by atoms with Gasteiger partial charge in [-0.05, 0) is 49.9 Å². The molecule has 2 aliphatic rings. The molecule has 4 rings (SSSR count). The van der Waals surface area contributed by atoms with E-state index in [4.69, 9.17) is 23.2 Å². The zero-order valence-corrected chi connectivity index (χ0v) is 22.0. The number of nitrogens with zero attached hydrogens (tertiary/aromatic N) is 2. The predicted molar refractivity (Wildman–Crippen MR) is 140 cm³/mol. The van der Waals surface area contributed by atoms with E-state index in [-0.39, 0.29) is 20.8 Å². The lowest BCUT2D eigenvalue weighted by Gasteiger charge is -2.20. The Morgan fingerprint density at radius 2 is 1.91 bits per heavy atom. The molecule has 0 bridgehead atoms. The number of carbonyl (C=O) groups excluding carboxylic acids is 1. The van der Waals surface area contributed by atoms with Crippen LogP contribution in [-0.2, 0) is 21.1 Å². The Hall–Kier alpha value is -2.13. The van der Waals surface area contributed by atoms with Gasteiger partial charge in [0.15, 0.2) is 9.84 Å². The van der Waals surface area contributed by atoms with E-state index in [1.165, 1.54) is 6.07 Å². The number of likely N-dealkylation sites (N-methyl/N-ethyl adjacent to an activating group) is 1. The Balaban J connectivity index is 1.21. The lowest BCUT2D eigenvalue weighted by atomic mass is 10.1. The van der Waals surface area contributed by atoms with Gasteiger partial charge in [0, 0.05) is 32.1 Å². The molecule has 1 heterocycles. The third-order valence-corrected chi connectivity index (χ3v) is 9.93. The third-order valence-electron chi connectivity index (χ3n) is 6.50. The second-order valence-electron chi connectivity index (χ2n) is 9.00. The fourth-order valence-electron chi connectivity index (χ4n) is 4.14. The van der Waals surface area contributed by atoms with Crippen LogP contribution in [0.25, 0.3) is 0 Å². The van der Waals surface area contributed by atoms with Gasteiger partial charge in [-0.25, -0.2) is 8.42 Å². The van der Waals surface area contributed by atoms with Crippen LogP contribution in [0.5, 0.6) is 0 Å². The maximum Gasteiger partial charge on any atom is 0.222 e. The molecule has 0 atom stereocenters. The molecule has 7 nitrogen and oxygen atoms in total. The van der Waals surface area contributed by atoms with Crippen molar-refractivity contribution in [2.24, 2.45) is 4.99 Å². The number of hydrogen-bond acceptors (Lipinski definition) is 6. The normalized spacial score (nSPS) is 16.5. The summed E-state index contributed by atoms with van der Waals surface area (Å²) in [5.41, 5.74) is 2.24. The molecule has 0 aromatic heterocycles. The van der Waals surface area contributed by atoms with Crippen LogP contribution in [0.3, 0.4) is 0 Å². The molecule has 0 radical (unpaired) electrons. The molecule has 35 heavy (non-hydrogen) atoms. The van der Waals surface area contributed by atoms with Gasteiger partial charge < -0.3 is 10.2 Å². The van der Waals surface area contributed by atoms with Crippen LogP contribution in [0, 0.1) is 0 Å². The van der Waals surface area contributed by atoms with Gasteiger partial charge in [0.1, 0.15) is 10.7 Å². The summed E-state index contributed by atoms with van der Waals surface area (Å²) in [6, 6.07) is 12.9. The van der Waals surface area contributed by atoms with Crippen LogP contribution in [0.1, 0.15) is 36.8 Å². The second kappa shape index (κ2) is 10.9. The summed E-state index contributed by atoms with van der Waals surface area (Å²) >= 11 is 12.2. The van der Waals surface area contributed by atoms with Crippen molar-refractivity contribution in [2.45, 2.75) is 41.9 Å². The zero-order valence-electron chi connectivity index (χ0n) is 19.7. The van der Waals surface area contributed by atoms with Gasteiger partial charge in [0.25, 0.3) is 0 Å². The minimum Gasteiger partial charge on any atom is -0.368 e. The van der Waals surface area contributed by atoms with Crippen LogP contribution in [0.15, 0.2) is 52.4 Å². The maximum atomic E-state index is 13.2. The van der Waals surface area contributed by atoms with Crippen LogP contribution < -0.4 is 10.6 Å². The SMILES string of the molecule is CN(CCc1ccc(C2=NCCN2)cc1)C(=O)CCCNC1(S(=O)(=O)c2cccc(Cl)c2Cl)CC1. The molecule has 1 amide bonds. The smallest absolute Gasteiger partial charge is 0.222 e. The Morgan fingerprint density at radius 1 is 1.17 bits per heavy atom. The molecule has 2 aromatic carbocycles. The topological polar surface area (TPSA) is 90.9 Å². The molecule has 2 aromatic rings. The van der Waals surface area contributed by atoms with Gasteiger partial charge in [-0.2, -0.15) is 0 Å². The third kappa shape index (κ3) is 5.82. The second-order valence-corrected chi connectivity index (χ2v) is 12.0. The fraction of sp³-hybridized carbons (Fsp3) is 0.440. The van der Waals surface area contributed by atoms with Crippen molar-refractivity contribution >= 4 is 44.8 Å². The number of aliphatic imine (C=N–C) groups is 1. The summed E-state index contributed by atoms with van der Waals surface area (Å²) < 4.78 is 26.3. The van der Waals surface area contributed by atoms with Crippen molar-refractivity contribution in [3.63, 3.8) is 0 Å². The number of halogens is 2. The highest BCUT2D eigenvalue weighted by Gasteiger charge is 2.55. The molecule has 0 saturated heterocycles. The first-order valence-electron chi connectivity index (χ1n) is 11.8. The largest absolute Gasteiger partial charge is 0.368 e. The van der Waals surface area contributed by atoms with Crippen LogP contribution in [0.2, 0.25) is 10.0 Å². The van der Waals surface area contributed by atoms with Gasteiger partial charge in [-0.3, -0.25) is 15.1 Å². The van der Waals surface area contributed by atoms with Gasteiger partial charge in [0.05, 0.1) is 21.5 Å². The first-order chi connectivity index (χ1) is 16.7. The molecule has 10 heteroatoms. The van der Waals surface area contributed by atoms with Gasteiger partial charge >= 0.3 is 0 Å². The molecular formula is C25H30Cl2N4O3S. The lowest BCUT2D eigenvalue weighted by molar-refractivity contribution is -0.129. The summed E-state index contributed by atoms with van der Waals surface area (Å²) in [5.74, 6) is 0.979. The molecule has 1 fully saturated rings. The number of benzene rings is 2. The predicted octanol–water partition coefficient (Wildman–Crippen LogP) is 3.68. The molecule has 1 saturated carbocycles. The fourth-order valence-corrected chi connectivity index (χ4v) is 6.76. The molecule has 0 spiro atoms. The van der Waals surface area contributed by atoms with E-state index in [1.54, 1.807) is 24.1 Å². The van der Waals surface area contributed by atoms with E-state index >= 15 is 0 Å². The van der Waals surface area contributed by atoms with Crippen molar-refractivity contribution in [1.82, 2.24) is 15.5 Å². The highest BCUT2D eigenvalue weighted by Crippen LogP contribution is 2.46. The van der Waals surface area contributed by atoms with Gasteiger partial charge in [0.2, 0.25) is 5.91 Å². The Kier molecular flexibility index (Phi) is 8.06. The Bertz CT molecular complexity index is 1210. The Labute approximate surface area is 216 Å². The summed E-state index contributed by atoms with van der Waals surface area (Å²) in [5, 5.41) is 6.69. The maximum absolute atomic E-state index is 13.2. The number of hydrogen-bond donors (Lipinski definition) is 2. The number of amides is 1. The van der Waals surface area contributed by atoms with Crippen molar-refractivity contribution in [3.8, 4) is 0 Å². The molecule has 0 unspecified atom stereocenters. The van der Waals surface area contributed by atoms with E-state index < -0.39 is 14.7 Å². The average molecular weight is 538 g/mol. The summed E-state index contributed by atoms with van der Waals surface area (Å²) in [6.07, 6.45) is 2.68. The first kappa shape index (κ1) is 25.9. The van der Waals surface area contributed by atoms with E-state index in [0.717, 1.165) is 36.5 Å². The van der Waals surface area contributed by atoms with E-state index in [1.807, 2.05) is 0 Å². The zero-order chi connectivity index (χ0) is 25.1. The van der Waals surface area contributed by atoms with Crippen molar-refractivity contribution in [2.75, 3.05) is 33.2 Å². The van der Waals surface area contributed by atoms with E-state index in [0.29, 0.717) is 38.8 Å².